The molecule has 0 amide bonds. The Balaban J connectivity index is 1.71. The lowest BCUT2D eigenvalue weighted by Gasteiger charge is -2.37. The van der Waals surface area contributed by atoms with Crippen LogP contribution in [-0.2, 0) is 0 Å². The molecule has 16 heavy (non-hydrogen) atoms. The third-order valence-corrected chi connectivity index (χ3v) is 4.19. The molecule has 0 saturated heterocycles. The fourth-order valence-corrected chi connectivity index (χ4v) is 2.35. The molecular formula is C13H26N2O. The summed E-state index contributed by atoms with van der Waals surface area (Å²) in [5.74, 6) is 0. The quantitative estimate of drug-likeness (QED) is 0.688. The highest BCUT2D eigenvalue weighted by Gasteiger charge is 2.32. The summed E-state index contributed by atoms with van der Waals surface area (Å²) in [6.07, 6.45) is 7.74. The van der Waals surface area contributed by atoms with E-state index in [4.69, 9.17) is 0 Å². The SMILES string of the molecule is CN(CCC(C)(CO)NC1CC1)C1CCC1. The van der Waals surface area contributed by atoms with Crippen LogP contribution in [0, 0.1) is 0 Å². The zero-order valence-electron chi connectivity index (χ0n) is 10.7. The topological polar surface area (TPSA) is 35.5 Å². The van der Waals surface area contributed by atoms with Gasteiger partial charge >= 0.3 is 0 Å². The molecule has 2 N–H and O–H groups in total. The zero-order valence-corrected chi connectivity index (χ0v) is 10.7. The van der Waals surface area contributed by atoms with Gasteiger partial charge in [0.25, 0.3) is 0 Å². The smallest absolute Gasteiger partial charge is 0.0611 e. The molecule has 3 nitrogen and oxygen atoms in total. The number of nitrogens with one attached hydrogen (secondary N) is 1. The van der Waals surface area contributed by atoms with Gasteiger partial charge in [0, 0.05) is 17.6 Å². The van der Waals surface area contributed by atoms with Crippen molar-refractivity contribution >= 4 is 0 Å². The monoisotopic (exact) mass is 226 g/mol. The van der Waals surface area contributed by atoms with Crippen LogP contribution < -0.4 is 5.32 Å². The van der Waals surface area contributed by atoms with E-state index in [1.54, 1.807) is 0 Å². The van der Waals surface area contributed by atoms with Gasteiger partial charge in [0.2, 0.25) is 0 Å². The first kappa shape index (κ1) is 12.3. The van der Waals surface area contributed by atoms with Crippen molar-refractivity contribution in [1.82, 2.24) is 10.2 Å². The summed E-state index contributed by atoms with van der Waals surface area (Å²) in [5.41, 5.74) is -0.0703. The maximum absolute atomic E-state index is 9.50. The summed E-state index contributed by atoms with van der Waals surface area (Å²) < 4.78 is 0. The van der Waals surface area contributed by atoms with Crippen LogP contribution in [0.4, 0.5) is 0 Å². The van der Waals surface area contributed by atoms with Gasteiger partial charge in [0.15, 0.2) is 0 Å². The molecule has 1 atom stereocenters. The van der Waals surface area contributed by atoms with Gasteiger partial charge < -0.3 is 15.3 Å². The predicted molar refractivity (Wildman–Crippen MR) is 66.5 cm³/mol. The molecule has 0 aromatic heterocycles. The first-order valence-electron chi connectivity index (χ1n) is 6.72. The fourth-order valence-electron chi connectivity index (χ4n) is 2.35. The number of aliphatic hydroxyl groups is 1. The van der Waals surface area contributed by atoms with Crippen LogP contribution in [0.5, 0.6) is 0 Å². The molecule has 0 heterocycles. The second kappa shape index (κ2) is 5.03. The Labute approximate surface area is 99.2 Å². The number of rotatable bonds is 7. The highest BCUT2D eigenvalue weighted by Crippen LogP contribution is 2.26. The van der Waals surface area contributed by atoms with Gasteiger partial charge in [0.1, 0.15) is 0 Å². The van der Waals surface area contributed by atoms with E-state index in [0.717, 1.165) is 19.0 Å². The molecular weight excluding hydrogens is 200 g/mol. The van der Waals surface area contributed by atoms with Crippen molar-refractivity contribution in [1.29, 1.82) is 0 Å². The predicted octanol–water partition coefficient (Wildman–Crippen LogP) is 1.36. The Morgan fingerprint density at radius 2 is 2.00 bits per heavy atom. The highest BCUT2D eigenvalue weighted by molar-refractivity contribution is 4.93. The number of hydrogen-bond donors (Lipinski definition) is 2. The Bertz CT molecular complexity index is 226. The molecule has 0 bridgehead atoms. The summed E-state index contributed by atoms with van der Waals surface area (Å²) in [6, 6.07) is 1.48. The lowest BCUT2D eigenvalue weighted by Crippen LogP contribution is -2.50. The van der Waals surface area contributed by atoms with E-state index in [1.165, 1.54) is 32.1 Å². The molecule has 0 spiro atoms. The van der Waals surface area contributed by atoms with Crippen molar-refractivity contribution in [3.05, 3.63) is 0 Å². The third-order valence-electron chi connectivity index (χ3n) is 4.19. The molecule has 2 saturated carbocycles. The first-order chi connectivity index (χ1) is 7.63. The summed E-state index contributed by atoms with van der Waals surface area (Å²) >= 11 is 0. The Hall–Kier alpha value is -0.120. The van der Waals surface area contributed by atoms with Crippen molar-refractivity contribution in [3.8, 4) is 0 Å². The summed E-state index contributed by atoms with van der Waals surface area (Å²) in [7, 11) is 2.22. The molecule has 0 aromatic carbocycles. The minimum atomic E-state index is -0.0703. The molecule has 1 unspecified atom stereocenters. The number of nitrogens with zero attached hydrogens (tertiary/aromatic N) is 1. The van der Waals surface area contributed by atoms with Gasteiger partial charge in [-0.3, -0.25) is 0 Å². The van der Waals surface area contributed by atoms with Crippen molar-refractivity contribution in [2.45, 2.75) is 63.1 Å². The molecule has 2 fully saturated rings. The van der Waals surface area contributed by atoms with E-state index in [0.29, 0.717) is 6.04 Å². The standard InChI is InChI=1S/C13H26N2O/c1-13(10-16,14-11-6-7-11)8-9-15(2)12-4-3-5-12/h11-12,14,16H,3-10H2,1-2H3. The number of aliphatic hydroxyl groups excluding tert-OH is 1. The van der Waals surface area contributed by atoms with Crippen LogP contribution >= 0.6 is 0 Å². The van der Waals surface area contributed by atoms with E-state index in [1.807, 2.05) is 0 Å². The molecule has 2 aliphatic carbocycles. The minimum Gasteiger partial charge on any atom is -0.394 e. The van der Waals surface area contributed by atoms with Crippen LogP contribution in [0.2, 0.25) is 0 Å². The van der Waals surface area contributed by atoms with Crippen molar-refractivity contribution < 1.29 is 5.11 Å². The molecule has 0 radical (unpaired) electrons. The molecule has 2 rings (SSSR count). The van der Waals surface area contributed by atoms with Crippen LogP contribution in [0.3, 0.4) is 0 Å². The van der Waals surface area contributed by atoms with Crippen LogP contribution in [-0.4, -0.2) is 47.8 Å². The molecule has 2 aliphatic rings. The van der Waals surface area contributed by atoms with Crippen LogP contribution in [0.15, 0.2) is 0 Å². The Morgan fingerprint density at radius 1 is 1.31 bits per heavy atom. The largest absolute Gasteiger partial charge is 0.394 e. The van der Waals surface area contributed by atoms with Gasteiger partial charge in [-0.2, -0.15) is 0 Å². The van der Waals surface area contributed by atoms with E-state index in [9.17, 15) is 5.11 Å². The van der Waals surface area contributed by atoms with Gasteiger partial charge in [-0.15, -0.1) is 0 Å². The fraction of sp³-hybridized carbons (Fsp3) is 1.00. The first-order valence-corrected chi connectivity index (χ1v) is 6.72. The number of hydrogen-bond acceptors (Lipinski definition) is 3. The van der Waals surface area contributed by atoms with Gasteiger partial charge in [-0.05, 0) is 52.6 Å². The third kappa shape index (κ3) is 3.19. The Morgan fingerprint density at radius 3 is 2.44 bits per heavy atom. The summed E-state index contributed by atoms with van der Waals surface area (Å²) in [4.78, 5) is 2.46. The molecule has 0 aliphatic heterocycles. The van der Waals surface area contributed by atoms with E-state index in [-0.39, 0.29) is 12.1 Å². The molecule has 94 valence electrons. The van der Waals surface area contributed by atoms with E-state index in [2.05, 4.69) is 24.2 Å². The van der Waals surface area contributed by atoms with Crippen LogP contribution in [0.25, 0.3) is 0 Å². The summed E-state index contributed by atoms with van der Waals surface area (Å²) in [5, 5.41) is 13.1. The van der Waals surface area contributed by atoms with Gasteiger partial charge in [0.05, 0.1) is 6.61 Å². The van der Waals surface area contributed by atoms with E-state index < -0.39 is 0 Å². The molecule has 0 aromatic rings. The second-order valence-corrected chi connectivity index (χ2v) is 5.95. The van der Waals surface area contributed by atoms with E-state index >= 15 is 0 Å². The van der Waals surface area contributed by atoms with Gasteiger partial charge in [-0.25, -0.2) is 0 Å². The highest BCUT2D eigenvalue weighted by atomic mass is 16.3. The Kier molecular flexibility index (Phi) is 3.88. The normalized spacial score (nSPS) is 25.5. The maximum atomic E-state index is 9.50. The average Bonchev–Trinajstić information content (AvgIpc) is 2.96. The lowest BCUT2D eigenvalue weighted by molar-refractivity contribution is 0.115. The van der Waals surface area contributed by atoms with Crippen molar-refractivity contribution in [2.75, 3.05) is 20.2 Å². The van der Waals surface area contributed by atoms with Crippen molar-refractivity contribution in [2.24, 2.45) is 0 Å². The maximum Gasteiger partial charge on any atom is 0.0611 e. The second-order valence-electron chi connectivity index (χ2n) is 5.95. The van der Waals surface area contributed by atoms with Gasteiger partial charge in [-0.1, -0.05) is 6.42 Å². The molecule has 3 heteroatoms. The van der Waals surface area contributed by atoms with Crippen LogP contribution in [0.1, 0.15) is 45.4 Å². The zero-order chi connectivity index (χ0) is 11.6. The summed E-state index contributed by atoms with van der Waals surface area (Å²) in [6.45, 7) is 3.50. The minimum absolute atomic E-state index is 0.0703. The lowest BCUT2D eigenvalue weighted by atomic mass is 9.90. The van der Waals surface area contributed by atoms with Crippen molar-refractivity contribution in [3.63, 3.8) is 0 Å². The average molecular weight is 226 g/mol.